The highest BCUT2D eigenvalue weighted by molar-refractivity contribution is 5.77. The molecule has 0 amide bonds. The van der Waals surface area contributed by atoms with E-state index in [1.54, 1.807) is 0 Å². The maximum absolute atomic E-state index is 10.8. The maximum atomic E-state index is 10.8. The summed E-state index contributed by atoms with van der Waals surface area (Å²) in [4.78, 5) is 13.1. The van der Waals surface area contributed by atoms with Crippen LogP contribution < -0.4 is 4.90 Å². The van der Waals surface area contributed by atoms with Gasteiger partial charge in [0, 0.05) is 23.8 Å². The molecule has 0 aliphatic carbocycles. The van der Waals surface area contributed by atoms with Gasteiger partial charge in [-0.1, -0.05) is 6.92 Å². The van der Waals surface area contributed by atoms with E-state index >= 15 is 0 Å². The third-order valence-corrected chi connectivity index (χ3v) is 3.79. The first-order valence-corrected chi connectivity index (χ1v) is 5.78. The van der Waals surface area contributed by atoms with Crippen LogP contribution in [0, 0.1) is 0 Å². The molecule has 2 nitrogen and oxygen atoms in total. The van der Waals surface area contributed by atoms with E-state index in [0.717, 1.165) is 18.3 Å². The van der Waals surface area contributed by atoms with E-state index in [4.69, 9.17) is 0 Å². The van der Waals surface area contributed by atoms with Crippen molar-refractivity contribution in [2.24, 2.45) is 0 Å². The first kappa shape index (κ1) is 11.2. The Labute approximate surface area is 97.3 Å². The first-order valence-electron chi connectivity index (χ1n) is 5.78. The highest BCUT2D eigenvalue weighted by atomic mass is 16.1. The van der Waals surface area contributed by atoms with Crippen LogP contribution in [0.5, 0.6) is 0 Å². The molecule has 1 aliphatic rings. The van der Waals surface area contributed by atoms with Crippen LogP contribution in [0.1, 0.15) is 49.0 Å². The summed E-state index contributed by atoms with van der Waals surface area (Å²) < 4.78 is 0. The van der Waals surface area contributed by atoms with Gasteiger partial charge in [-0.2, -0.15) is 0 Å². The van der Waals surface area contributed by atoms with Crippen LogP contribution in [0.15, 0.2) is 18.2 Å². The quantitative estimate of drug-likeness (QED) is 0.673. The van der Waals surface area contributed by atoms with Crippen LogP contribution in [0.2, 0.25) is 0 Å². The van der Waals surface area contributed by atoms with Gasteiger partial charge in [0.2, 0.25) is 0 Å². The maximum Gasteiger partial charge on any atom is 0.150 e. The zero-order chi connectivity index (χ0) is 11.9. The number of fused-ring (bicyclic) bond motifs is 1. The van der Waals surface area contributed by atoms with Crippen molar-refractivity contribution in [3.63, 3.8) is 0 Å². The van der Waals surface area contributed by atoms with E-state index in [1.165, 1.54) is 11.3 Å². The zero-order valence-corrected chi connectivity index (χ0v) is 10.4. The second-order valence-corrected chi connectivity index (χ2v) is 5.41. The Morgan fingerprint density at radius 3 is 2.75 bits per heavy atom. The Bertz CT molecular complexity index is 423. The lowest BCUT2D eigenvalue weighted by Gasteiger charge is -2.45. The number of hydrogen-bond acceptors (Lipinski definition) is 2. The predicted octanol–water partition coefficient (Wildman–Crippen LogP) is 3.22. The summed E-state index contributed by atoms with van der Waals surface area (Å²) in [5.41, 5.74) is 3.52. The molecule has 0 radical (unpaired) electrons. The highest BCUT2D eigenvalue weighted by Crippen LogP contribution is 2.42. The van der Waals surface area contributed by atoms with Gasteiger partial charge in [0.1, 0.15) is 6.29 Å². The minimum absolute atomic E-state index is 0.190. The van der Waals surface area contributed by atoms with E-state index in [0.29, 0.717) is 5.92 Å². The van der Waals surface area contributed by atoms with Gasteiger partial charge in [-0.15, -0.1) is 0 Å². The van der Waals surface area contributed by atoms with Crippen molar-refractivity contribution in [3.8, 4) is 0 Å². The molecule has 1 aromatic rings. The molecular weight excluding hydrogens is 198 g/mol. The SMILES string of the molecule is C[C@H]1CC(C)(C)N(C)c2ccc(C=O)cc21. The summed E-state index contributed by atoms with van der Waals surface area (Å²) in [5.74, 6) is 0.515. The van der Waals surface area contributed by atoms with Gasteiger partial charge < -0.3 is 4.90 Å². The number of rotatable bonds is 1. The summed E-state index contributed by atoms with van der Waals surface area (Å²) in [6.45, 7) is 6.77. The third-order valence-electron chi connectivity index (χ3n) is 3.79. The predicted molar refractivity (Wildman–Crippen MR) is 67.3 cm³/mol. The van der Waals surface area contributed by atoms with Crippen molar-refractivity contribution >= 4 is 12.0 Å². The minimum atomic E-state index is 0.190. The molecule has 0 N–H and O–H groups in total. The fourth-order valence-corrected chi connectivity index (χ4v) is 2.67. The molecular formula is C14H19NO. The number of carbonyl (C=O) groups excluding carboxylic acids is 1. The molecule has 0 fully saturated rings. The van der Waals surface area contributed by atoms with Crippen LogP contribution >= 0.6 is 0 Å². The summed E-state index contributed by atoms with van der Waals surface area (Å²) in [6.07, 6.45) is 2.05. The van der Waals surface area contributed by atoms with Gasteiger partial charge in [0.25, 0.3) is 0 Å². The second kappa shape index (κ2) is 3.62. The number of nitrogens with zero attached hydrogens (tertiary/aromatic N) is 1. The second-order valence-electron chi connectivity index (χ2n) is 5.41. The van der Waals surface area contributed by atoms with Crippen LogP contribution in [-0.2, 0) is 0 Å². The molecule has 0 saturated carbocycles. The van der Waals surface area contributed by atoms with Crippen LogP contribution in [-0.4, -0.2) is 18.9 Å². The average molecular weight is 217 g/mol. The Morgan fingerprint density at radius 1 is 1.44 bits per heavy atom. The Hall–Kier alpha value is -1.31. The Morgan fingerprint density at radius 2 is 2.12 bits per heavy atom. The third kappa shape index (κ3) is 1.62. The van der Waals surface area contributed by atoms with Gasteiger partial charge in [-0.05, 0) is 49.9 Å². The van der Waals surface area contributed by atoms with E-state index < -0.39 is 0 Å². The van der Waals surface area contributed by atoms with Crippen LogP contribution in [0.3, 0.4) is 0 Å². The molecule has 0 unspecified atom stereocenters. The largest absolute Gasteiger partial charge is 0.369 e. The standard InChI is InChI=1S/C14H19NO/c1-10-8-14(2,3)15(4)13-6-5-11(9-16)7-12(10)13/h5-7,9-10H,8H2,1-4H3/t10-/m0/s1. The Kier molecular flexibility index (Phi) is 2.53. The minimum Gasteiger partial charge on any atom is -0.369 e. The molecule has 0 bridgehead atoms. The summed E-state index contributed by atoms with van der Waals surface area (Å²) in [6, 6.07) is 5.99. The van der Waals surface area contributed by atoms with E-state index in [2.05, 4.69) is 38.8 Å². The lowest BCUT2D eigenvalue weighted by molar-refractivity contribution is 0.112. The molecule has 0 aromatic heterocycles. The number of carbonyl (C=O) groups is 1. The fourth-order valence-electron chi connectivity index (χ4n) is 2.67. The number of benzene rings is 1. The molecule has 1 atom stereocenters. The first-order chi connectivity index (χ1) is 7.45. The van der Waals surface area contributed by atoms with Crippen molar-refractivity contribution in [2.45, 2.75) is 38.6 Å². The summed E-state index contributed by atoms with van der Waals surface area (Å²) in [7, 11) is 2.13. The lowest BCUT2D eigenvalue weighted by Crippen LogP contribution is -2.45. The van der Waals surface area contributed by atoms with Crippen molar-refractivity contribution in [1.82, 2.24) is 0 Å². The summed E-state index contributed by atoms with van der Waals surface area (Å²) >= 11 is 0. The van der Waals surface area contributed by atoms with E-state index in [-0.39, 0.29) is 5.54 Å². The molecule has 1 aliphatic heterocycles. The normalized spacial score (nSPS) is 22.8. The molecule has 0 spiro atoms. The average Bonchev–Trinajstić information content (AvgIpc) is 2.25. The van der Waals surface area contributed by atoms with Crippen molar-refractivity contribution in [2.75, 3.05) is 11.9 Å². The molecule has 16 heavy (non-hydrogen) atoms. The van der Waals surface area contributed by atoms with Gasteiger partial charge >= 0.3 is 0 Å². The van der Waals surface area contributed by atoms with Gasteiger partial charge in [-0.3, -0.25) is 4.79 Å². The molecule has 1 aromatic carbocycles. The lowest BCUT2D eigenvalue weighted by atomic mass is 9.80. The molecule has 1 heterocycles. The number of anilines is 1. The van der Waals surface area contributed by atoms with E-state index in [9.17, 15) is 4.79 Å². The van der Waals surface area contributed by atoms with Gasteiger partial charge in [0.05, 0.1) is 0 Å². The van der Waals surface area contributed by atoms with Crippen molar-refractivity contribution in [1.29, 1.82) is 0 Å². The molecule has 2 rings (SSSR count). The smallest absolute Gasteiger partial charge is 0.150 e. The highest BCUT2D eigenvalue weighted by Gasteiger charge is 2.33. The van der Waals surface area contributed by atoms with Crippen molar-refractivity contribution < 1.29 is 4.79 Å². The fraction of sp³-hybridized carbons (Fsp3) is 0.500. The summed E-state index contributed by atoms with van der Waals surface area (Å²) in [5, 5.41) is 0. The zero-order valence-electron chi connectivity index (χ0n) is 10.4. The van der Waals surface area contributed by atoms with Crippen molar-refractivity contribution in [3.05, 3.63) is 29.3 Å². The van der Waals surface area contributed by atoms with E-state index in [1.807, 2.05) is 12.1 Å². The van der Waals surface area contributed by atoms with Gasteiger partial charge in [-0.25, -0.2) is 0 Å². The van der Waals surface area contributed by atoms with Crippen LogP contribution in [0.4, 0.5) is 5.69 Å². The Balaban J connectivity index is 2.54. The number of aldehydes is 1. The molecule has 2 heteroatoms. The topological polar surface area (TPSA) is 20.3 Å². The number of hydrogen-bond donors (Lipinski definition) is 0. The molecule has 0 saturated heterocycles. The molecule has 86 valence electrons. The van der Waals surface area contributed by atoms with Gasteiger partial charge in [0.15, 0.2) is 0 Å². The monoisotopic (exact) mass is 217 g/mol. The van der Waals surface area contributed by atoms with Crippen LogP contribution in [0.25, 0.3) is 0 Å².